The molecule has 0 N–H and O–H groups in total. The van der Waals surface area contributed by atoms with Crippen molar-refractivity contribution in [1.82, 2.24) is 14.5 Å². The zero-order valence-electron chi connectivity index (χ0n) is 13.0. The maximum atomic E-state index is 12.6. The van der Waals surface area contributed by atoms with E-state index in [1.807, 2.05) is 43.3 Å². The number of aryl methyl sites for hydroxylation is 1. The van der Waals surface area contributed by atoms with Crippen LogP contribution in [0.25, 0.3) is 21.8 Å². The number of rotatable bonds is 2. The third kappa shape index (κ3) is 2.55. The predicted octanol–water partition coefficient (Wildman–Crippen LogP) is 3.95. The Hall–Kier alpha value is -2.72. The summed E-state index contributed by atoms with van der Waals surface area (Å²) < 4.78 is 1.56. The molecule has 2 aromatic carbocycles. The van der Waals surface area contributed by atoms with Crippen LogP contribution in [0.5, 0.6) is 0 Å². The molecule has 0 amide bonds. The van der Waals surface area contributed by atoms with E-state index in [0.717, 1.165) is 22.0 Å². The van der Waals surface area contributed by atoms with Crippen molar-refractivity contribution in [2.24, 2.45) is 0 Å². The van der Waals surface area contributed by atoms with E-state index in [1.165, 1.54) is 0 Å². The number of pyridine rings is 1. The van der Waals surface area contributed by atoms with Gasteiger partial charge in [-0.15, -0.1) is 0 Å². The van der Waals surface area contributed by atoms with E-state index in [9.17, 15) is 4.79 Å². The van der Waals surface area contributed by atoms with Gasteiger partial charge in [0.2, 0.25) is 0 Å². The van der Waals surface area contributed by atoms with E-state index in [0.29, 0.717) is 22.6 Å². The molecule has 4 aromatic rings. The Balaban J connectivity index is 1.83. The van der Waals surface area contributed by atoms with Crippen LogP contribution in [0.15, 0.2) is 59.7 Å². The van der Waals surface area contributed by atoms with Gasteiger partial charge in [-0.3, -0.25) is 9.36 Å². The summed E-state index contributed by atoms with van der Waals surface area (Å²) in [5.41, 5.74) is 3.41. The van der Waals surface area contributed by atoms with Gasteiger partial charge in [-0.25, -0.2) is 9.97 Å². The smallest absolute Gasteiger partial charge is 0.261 e. The second-order valence-electron chi connectivity index (χ2n) is 5.83. The molecule has 118 valence electrons. The number of aromatic nitrogens is 3. The van der Waals surface area contributed by atoms with Crippen molar-refractivity contribution in [3.63, 3.8) is 0 Å². The van der Waals surface area contributed by atoms with E-state index in [-0.39, 0.29) is 5.56 Å². The highest BCUT2D eigenvalue weighted by molar-refractivity contribution is 6.30. The van der Waals surface area contributed by atoms with Crippen LogP contribution in [-0.4, -0.2) is 14.5 Å². The molecule has 2 heterocycles. The molecule has 0 bridgehead atoms. The van der Waals surface area contributed by atoms with E-state index in [4.69, 9.17) is 11.6 Å². The van der Waals surface area contributed by atoms with E-state index < -0.39 is 0 Å². The van der Waals surface area contributed by atoms with Crippen molar-refractivity contribution in [2.45, 2.75) is 13.5 Å². The average molecular weight is 336 g/mol. The maximum Gasteiger partial charge on any atom is 0.261 e. The predicted molar refractivity (Wildman–Crippen MR) is 96.6 cm³/mol. The first-order chi connectivity index (χ1) is 11.6. The molecule has 0 spiro atoms. The summed E-state index contributed by atoms with van der Waals surface area (Å²) in [6.45, 7) is 2.37. The van der Waals surface area contributed by atoms with Gasteiger partial charge in [0, 0.05) is 10.9 Å². The molecular weight excluding hydrogens is 322 g/mol. The summed E-state index contributed by atoms with van der Waals surface area (Å²) in [6.07, 6.45) is 1.56. The maximum absolute atomic E-state index is 12.6. The molecule has 0 atom stereocenters. The second-order valence-corrected chi connectivity index (χ2v) is 6.19. The molecule has 0 unspecified atom stereocenters. The van der Waals surface area contributed by atoms with Crippen LogP contribution in [0, 0.1) is 6.92 Å². The SMILES string of the molecule is Cc1ccc2nc(Cl)c(Cn3cnc4ccccc4c3=O)cc2c1. The third-order valence-corrected chi connectivity index (χ3v) is 4.40. The van der Waals surface area contributed by atoms with E-state index in [1.54, 1.807) is 17.0 Å². The first-order valence-electron chi connectivity index (χ1n) is 7.62. The monoisotopic (exact) mass is 335 g/mol. The minimum atomic E-state index is -0.0824. The fraction of sp³-hybridized carbons (Fsp3) is 0.105. The molecule has 0 radical (unpaired) electrons. The number of nitrogens with zero attached hydrogens (tertiary/aromatic N) is 3. The molecule has 4 nitrogen and oxygen atoms in total. The lowest BCUT2D eigenvalue weighted by molar-refractivity contribution is 0.747. The molecular formula is C19H14ClN3O. The lowest BCUT2D eigenvalue weighted by Crippen LogP contribution is -2.21. The fourth-order valence-corrected chi connectivity index (χ4v) is 3.03. The summed E-state index contributed by atoms with van der Waals surface area (Å²) in [6, 6.07) is 15.3. The Labute approximate surface area is 143 Å². The van der Waals surface area contributed by atoms with Gasteiger partial charge in [-0.05, 0) is 37.3 Å². The van der Waals surface area contributed by atoms with Crippen LogP contribution in [0.1, 0.15) is 11.1 Å². The fourth-order valence-electron chi connectivity index (χ4n) is 2.83. The molecule has 0 saturated carbocycles. The number of hydrogen-bond acceptors (Lipinski definition) is 3. The zero-order chi connectivity index (χ0) is 16.7. The third-order valence-electron chi connectivity index (χ3n) is 4.07. The van der Waals surface area contributed by atoms with Crippen LogP contribution in [0.4, 0.5) is 0 Å². The van der Waals surface area contributed by atoms with Gasteiger partial charge in [0.1, 0.15) is 5.15 Å². The van der Waals surface area contributed by atoms with Gasteiger partial charge in [-0.2, -0.15) is 0 Å². The molecule has 0 saturated heterocycles. The summed E-state index contributed by atoms with van der Waals surface area (Å²) >= 11 is 6.32. The summed E-state index contributed by atoms with van der Waals surface area (Å²) in [7, 11) is 0. The summed E-state index contributed by atoms with van der Waals surface area (Å²) in [5, 5.41) is 2.02. The van der Waals surface area contributed by atoms with Gasteiger partial charge in [0.05, 0.1) is 29.3 Å². The number of hydrogen-bond donors (Lipinski definition) is 0. The number of para-hydroxylation sites is 1. The summed E-state index contributed by atoms with van der Waals surface area (Å²) in [5.74, 6) is 0. The lowest BCUT2D eigenvalue weighted by atomic mass is 10.1. The minimum absolute atomic E-state index is 0.0824. The van der Waals surface area contributed by atoms with Gasteiger partial charge in [-0.1, -0.05) is 35.4 Å². The van der Waals surface area contributed by atoms with Crippen LogP contribution >= 0.6 is 11.6 Å². The first-order valence-corrected chi connectivity index (χ1v) is 7.99. The topological polar surface area (TPSA) is 47.8 Å². The van der Waals surface area contributed by atoms with Crippen LogP contribution in [0.3, 0.4) is 0 Å². The quantitative estimate of drug-likeness (QED) is 0.521. The van der Waals surface area contributed by atoms with Gasteiger partial charge in [0.25, 0.3) is 5.56 Å². The highest BCUT2D eigenvalue weighted by Gasteiger charge is 2.09. The molecule has 2 aromatic heterocycles. The van der Waals surface area contributed by atoms with Crippen LogP contribution in [0.2, 0.25) is 5.15 Å². The highest BCUT2D eigenvalue weighted by atomic mass is 35.5. The highest BCUT2D eigenvalue weighted by Crippen LogP contribution is 2.22. The van der Waals surface area contributed by atoms with Crippen LogP contribution in [-0.2, 0) is 6.54 Å². The summed E-state index contributed by atoms with van der Waals surface area (Å²) in [4.78, 5) is 21.4. The Kier molecular flexibility index (Phi) is 3.54. The standard InChI is InChI=1S/C19H14ClN3O/c1-12-6-7-16-13(8-12)9-14(18(20)22-16)10-23-11-21-17-5-3-2-4-15(17)19(23)24/h2-9,11H,10H2,1H3. The van der Waals surface area contributed by atoms with Gasteiger partial charge < -0.3 is 0 Å². The van der Waals surface area contributed by atoms with Crippen molar-refractivity contribution in [1.29, 1.82) is 0 Å². The lowest BCUT2D eigenvalue weighted by Gasteiger charge is -2.09. The molecule has 4 rings (SSSR count). The Bertz CT molecular complexity index is 1130. The number of benzene rings is 2. The molecule has 0 aliphatic rings. The Morgan fingerprint density at radius 1 is 1.08 bits per heavy atom. The molecule has 0 fully saturated rings. The Morgan fingerprint density at radius 2 is 1.92 bits per heavy atom. The first kappa shape index (κ1) is 14.8. The van der Waals surface area contributed by atoms with Crippen molar-refractivity contribution < 1.29 is 0 Å². The molecule has 24 heavy (non-hydrogen) atoms. The van der Waals surface area contributed by atoms with Gasteiger partial charge >= 0.3 is 0 Å². The normalized spacial score (nSPS) is 11.2. The van der Waals surface area contributed by atoms with Gasteiger partial charge in [0.15, 0.2) is 0 Å². The largest absolute Gasteiger partial charge is 0.294 e. The van der Waals surface area contributed by atoms with Crippen LogP contribution < -0.4 is 5.56 Å². The van der Waals surface area contributed by atoms with Crippen molar-refractivity contribution in [2.75, 3.05) is 0 Å². The van der Waals surface area contributed by atoms with Crippen molar-refractivity contribution >= 4 is 33.4 Å². The number of fused-ring (bicyclic) bond motifs is 2. The number of halogens is 1. The second kappa shape index (κ2) is 5.73. The molecule has 5 heteroatoms. The molecule has 0 aliphatic carbocycles. The molecule has 0 aliphatic heterocycles. The zero-order valence-corrected chi connectivity index (χ0v) is 13.8. The van der Waals surface area contributed by atoms with Crippen molar-refractivity contribution in [3.8, 4) is 0 Å². The van der Waals surface area contributed by atoms with E-state index >= 15 is 0 Å². The van der Waals surface area contributed by atoms with Crippen molar-refractivity contribution in [3.05, 3.63) is 81.5 Å². The minimum Gasteiger partial charge on any atom is -0.294 e. The average Bonchev–Trinajstić information content (AvgIpc) is 2.58. The Morgan fingerprint density at radius 3 is 2.79 bits per heavy atom. The van der Waals surface area contributed by atoms with E-state index in [2.05, 4.69) is 16.0 Å².